The minimum absolute atomic E-state index is 0.00490. The molecule has 27 heavy (non-hydrogen) atoms. The molecule has 3 aromatic heterocycles. The standard InChI is InChI=1S/C18H20BrN7O/c1-2-25(15-4-3-14(19)11-20-15)18(27)13-7-9-24(10-8-13)17-6-5-16-22-21-12-26(16)23-17/h3-6,11-13H,2,7-10H2,1H3. The molecule has 0 aliphatic carbocycles. The molecule has 1 saturated heterocycles. The van der Waals surface area contributed by atoms with Crippen molar-refractivity contribution >= 4 is 39.1 Å². The number of hydrogen-bond acceptors (Lipinski definition) is 6. The maximum Gasteiger partial charge on any atom is 0.231 e. The van der Waals surface area contributed by atoms with Crippen molar-refractivity contribution in [1.82, 2.24) is 24.8 Å². The van der Waals surface area contributed by atoms with Crippen LogP contribution in [0.15, 0.2) is 41.3 Å². The van der Waals surface area contributed by atoms with E-state index in [1.807, 2.05) is 31.2 Å². The van der Waals surface area contributed by atoms with Gasteiger partial charge in [0.2, 0.25) is 5.91 Å². The maximum absolute atomic E-state index is 13.0. The monoisotopic (exact) mass is 429 g/mol. The Balaban J connectivity index is 1.43. The van der Waals surface area contributed by atoms with Gasteiger partial charge in [0.15, 0.2) is 5.65 Å². The number of amides is 1. The fraction of sp³-hybridized carbons (Fsp3) is 0.389. The van der Waals surface area contributed by atoms with Crippen LogP contribution >= 0.6 is 15.9 Å². The van der Waals surface area contributed by atoms with Gasteiger partial charge in [0.25, 0.3) is 0 Å². The Labute approximate surface area is 165 Å². The molecular weight excluding hydrogens is 410 g/mol. The molecule has 0 atom stereocenters. The number of piperidine rings is 1. The molecule has 0 aromatic carbocycles. The molecule has 1 aliphatic heterocycles. The molecule has 0 spiro atoms. The number of fused-ring (bicyclic) bond motifs is 1. The zero-order valence-corrected chi connectivity index (χ0v) is 16.6. The first-order valence-corrected chi connectivity index (χ1v) is 9.80. The largest absolute Gasteiger partial charge is 0.355 e. The SMILES string of the molecule is CCN(C(=O)C1CCN(c2ccc3nncn3n2)CC1)c1ccc(Br)cn1. The Kier molecular flexibility index (Phi) is 5.02. The first-order chi connectivity index (χ1) is 13.2. The molecular formula is C18H20BrN7O. The van der Waals surface area contributed by atoms with Gasteiger partial charge in [0.05, 0.1) is 0 Å². The molecule has 0 radical (unpaired) electrons. The van der Waals surface area contributed by atoms with Crippen LogP contribution in [0.1, 0.15) is 19.8 Å². The van der Waals surface area contributed by atoms with E-state index in [0.29, 0.717) is 12.4 Å². The first kappa shape index (κ1) is 17.8. The lowest BCUT2D eigenvalue weighted by atomic mass is 9.95. The summed E-state index contributed by atoms with van der Waals surface area (Å²) in [6.45, 7) is 4.18. The lowest BCUT2D eigenvalue weighted by Crippen LogP contribution is -2.43. The minimum Gasteiger partial charge on any atom is -0.355 e. The summed E-state index contributed by atoms with van der Waals surface area (Å²) in [5.41, 5.74) is 0.726. The summed E-state index contributed by atoms with van der Waals surface area (Å²) in [6, 6.07) is 7.65. The van der Waals surface area contributed by atoms with Crippen LogP contribution in [0.3, 0.4) is 0 Å². The highest BCUT2D eigenvalue weighted by Crippen LogP contribution is 2.25. The Morgan fingerprint density at radius 3 is 2.78 bits per heavy atom. The summed E-state index contributed by atoms with van der Waals surface area (Å²) < 4.78 is 2.57. The van der Waals surface area contributed by atoms with Crippen LogP contribution in [0.5, 0.6) is 0 Å². The van der Waals surface area contributed by atoms with Gasteiger partial charge >= 0.3 is 0 Å². The third-order valence-corrected chi connectivity index (χ3v) is 5.36. The number of halogens is 1. The summed E-state index contributed by atoms with van der Waals surface area (Å²) in [7, 11) is 0. The van der Waals surface area contributed by atoms with E-state index in [-0.39, 0.29) is 11.8 Å². The summed E-state index contributed by atoms with van der Waals surface area (Å²) in [5, 5.41) is 12.4. The molecule has 3 aromatic rings. The van der Waals surface area contributed by atoms with Gasteiger partial charge in [-0.1, -0.05) is 0 Å². The first-order valence-electron chi connectivity index (χ1n) is 9.00. The molecule has 1 aliphatic rings. The van der Waals surface area contributed by atoms with E-state index in [4.69, 9.17) is 0 Å². The summed E-state index contributed by atoms with van der Waals surface area (Å²) >= 11 is 3.38. The highest BCUT2D eigenvalue weighted by Gasteiger charge is 2.29. The average molecular weight is 430 g/mol. The Morgan fingerprint density at radius 2 is 2.07 bits per heavy atom. The number of rotatable bonds is 4. The van der Waals surface area contributed by atoms with Crippen molar-refractivity contribution < 1.29 is 4.79 Å². The van der Waals surface area contributed by atoms with Crippen molar-refractivity contribution in [2.75, 3.05) is 29.4 Å². The van der Waals surface area contributed by atoms with Crippen LogP contribution in [0.2, 0.25) is 0 Å². The Hall–Kier alpha value is -2.55. The number of carbonyl (C=O) groups is 1. The zero-order chi connectivity index (χ0) is 18.8. The van der Waals surface area contributed by atoms with Crippen molar-refractivity contribution in [1.29, 1.82) is 0 Å². The van der Waals surface area contributed by atoms with E-state index in [0.717, 1.165) is 41.9 Å². The van der Waals surface area contributed by atoms with Crippen LogP contribution < -0.4 is 9.80 Å². The summed E-state index contributed by atoms with van der Waals surface area (Å²) in [4.78, 5) is 21.4. The third-order valence-electron chi connectivity index (χ3n) is 4.89. The van der Waals surface area contributed by atoms with E-state index in [2.05, 4.69) is 41.1 Å². The quantitative estimate of drug-likeness (QED) is 0.633. The number of nitrogens with zero attached hydrogens (tertiary/aromatic N) is 7. The second kappa shape index (κ2) is 7.59. The predicted molar refractivity (Wildman–Crippen MR) is 106 cm³/mol. The maximum atomic E-state index is 13.0. The molecule has 0 saturated carbocycles. The molecule has 1 fully saturated rings. The fourth-order valence-electron chi connectivity index (χ4n) is 3.42. The van der Waals surface area contributed by atoms with Crippen molar-refractivity contribution in [3.63, 3.8) is 0 Å². The third kappa shape index (κ3) is 3.64. The van der Waals surface area contributed by atoms with Crippen LogP contribution in [-0.2, 0) is 4.79 Å². The molecule has 9 heteroatoms. The molecule has 4 heterocycles. The van der Waals surface area contributed by atoms with E-state index < -0.39 is 0 Å². The second-order valence-corrected chi connectivity index (χ2v) is 7.42. The van der Waals surface area contributed by atoms with Gasteiger partial charge in [-0.15, -0.1) is 15.3 Å². The van der Waals surface area contributed by atoms with E-state index in [9.17, 15) is 4.79 Å². The number of carbonyl (C=O) groups excluding carboxylic acids is 1. The van der Waals surface area contributed by atoms with Gasteiger partial charge in [-0.25, -0.2) is 4.98 Å². The Bertz CT molecular complexity index is 934. The van der Waals surface area contributed by atoms with Gasteiger partial charge in [-0.2, -0.15) is 4.52 Å². The number of pyridine rings is 1. The normalized spacial score (nSPS) is 15.3. The van der Waals surface area contributed by atoms with E-state index >= 15 is 0 Å². The number of anilines is 2. The number of aromatic nitrogens is 5. The Morgan fingerprint density at radius 1 is 1.26 bits per heavy atom. The summed E-state index contributed by atoms with van der Waals surface area (Å²) in [5.74, 6) is 1.74. The topological polar surface area (TPSA) is 79.5 Å². The van der Waals surface area contributed by atoms with E-state index in [1.54, 1.807) is 21.9 Å². The molecule has 4 rings (SSSR count). The zero-order valence-electron chi connectivity index (χ0n) is 15.0. The van der Waals surface area contributed by atoms with Crippen LogP contribution in [0.25, 0.3) is 5.65 Å². The molecule has 8 nitrogen and oxygen atoms in total. The van der Waals surface area contributed by atoms with Crippen LogP contribution in [-0.4, -0.2) is 50.3 Å². The van der Waals surface area contributed by atoms with Gasteiger partial charge < -0.3 is 4.90 Å². The van der Waals surface area contributed by atoms with Crippen molar-refractivity contribution in [3.05, 3.63) is 41.3 Å². The molecule has 0 N–H and O–H groups in total. The van der Waals surface area contributed by atoms with Crippen molar-refractivity contribution in [2.24, 2.45) is 5.92 Å². The smallest absolute Gasteiger partial charge is 0.231 e. The van der Waals surface area contributed by atoms with E-state index in [1.165, 1.54) is 0 Å². The lowest BCUT2D eigenvalue weighted by molar-refractivity contribution is -0.123. The molecule has 0 unspecified atom stereocenters. The number of hydrogen-bond donors (Lipinski definition) is 0. The molecule has 1 amide bonds. The summed E-state index contributed by atoms with van der Waals surface area (Å²) in [6.07, 6.45) is 4.92. The molecule has 0 bridgehead atoms. The highest BCUT2D eigenvalue weighted by molar-refractivity contribution is 9.10. The second-order valence-electron chi connectivity index (χ2n) is 6.50. The van der Waals surface area contributed by atoms with Crippen LogP contribution in [0.4, 0.5) is 11.6 Å². The minimum atomic E-state index is 0.00490. The van der Waals surface area contributed by atoms with Gasteiger partial charge in [0, 0.05) is 36.2 Å². The van der Waals surface area contributed by atoms with Crippen molar-refractivity contribution in [2.45, 2.75) is 19.8 Å². The average Bonchev–Trinajstić information content (AvgIpc) is 3.18. The fourth-order valence-corrected chi connectivity index (χ4v) is 3.66. The van der Waals surface area contributed by atoms with Crippen LogP contribution in [0, 0.1) is 5.92 Å². The van der Waals surface area contributed by atoms with Gasteiger partial charge in [0.1, 0.15) is 18.0 Å². The predicted octanol–water partition coefficient (Wildman–Crippen LogP) is 2.55. The highest BCUT2D eigenvalue weighted by atomic mass is 79.9. The lowest BCUT2D eigenvalue weighted by Gasteiger charge is -2.34. The van der Waals surface area contributed by atoms with Gasteiger partial charge in [-0.3, -0.25) is 9.69 Å². The van der Waals surface area contributed by atoms with Crippen molar-refractivity contribution in [3.8, 4) is 0 Å². The van der Waals surface area contributed by atoms with Gasteiger partial charge in [-0.05, 0) is 60.0 Å². The molecule has 140 valence electrons.